The number of carboxylic acids is 1. The van der Waals surface area contributed by atoms with Crippen molar-refractivity contribution < 1.29 is 14.8 Å². The van der Waals surface area contributed by atoms with Crippen molar-refractivity contribution in [2.75, 3.05) is 6.54 Å². The van der Waals surface area contributed by atoms with Gasteiger partial charge < -0.3 is 10.1 Å². The predicted octanol–water partition coefficient (Wildman–Crippen LogP) is 5.36. The summed E-state index contributed by atoms with van der Waals surface area (Å²) in [7, 11) is 0. The SMILES string of the molecule is O=C(O)C12CC3CC(C1)N([N+](=O)CC(c1ccccc1)c1c[nH]c4cc(Cl)ccc14)C(C3)C2. The first-order chi connectivity index (χ1) is 15.9. The summed E-state index contributed by atoms with van der Waals surface area (Å²) in [4.78, 5) is 30.3. The Morgan fingerprint density at radius 2 is 1.88 bits per heavy atom. The molecule has 0 amide bonds. The quantitative estimate of drug-likeness (QED) is 0.481. The second-order valence-corrected chi connectivity index (χ2v) is 10.6. The first kappa shape index (κ1) is 20.7. The smallest absolute Gasteiger partial charge is 0.309 e. The van der Waals surface area contributed by atoms with Gasteiger partial charge in [-0.15, -0.1) is 5.01 Å². The minimum absolute atomic E-state index is 0.0167. The van der Waals surface area contributed by atoms with Gasteiger partial charge >= 0.3 is 5.97 Å². The average molecular weight is 465 g/mol. The summed E-state index contributed by atoms with van der Waals surface area (Å²) in [5.41, 5.74) is 2.47. The summed E-state index contributed by atoms with van der Waals surface area (Å²) in [6.07, 6.45) is 5.76. The summed E-state index contributed by atoms with van der Waals surface area (Å²) in [5, 5.41) is 13.6. The van der Waals surface area contributed by atoms with Crippen molar-refractivity contribution in [2.24, 2.45) is 11.3 Å². The topological polar surface area (TPSA) is 76.4 Å². The van der Waals surface area contributed by atoms with E-state index in [1.165, 1.54) is 0 Å². The van der Waals surface area contributed by atoms with Crippen molar-refractivity contribution in [3.05, 3.63) is 75.8 Å². The van der Waals surface area contributed by atoms with Crippen LogP contribution in [0.3, 0.4) is 0 Å². The van der Waals surface area contributed by atoms with Crippen LogP contribution in [0.1, 0.15) is 49.1 Å². The third-order valence-corrected chi connectivity index (χ3v) is 8.43. The normalized spacial score (nSPS) is 28.9. The molecule has 7 heteroatoms. The van der Waals surface area contributed by atoms with Crippen molar-refractivity contribution in [2.45, 2.75) is 50.1 Å². The van der Waals surface area contributed by atoms with Crippen molar-refractivity contribution >= 4 is 28.5 Å². The first-order valence-corrected chi connectivity index (χ1v) is 12.1. The molecule has 2 N–H and O–H groups in total. The van der Waals surface area contributed by atoms with Gasteiger partial charge in [-0.2, -0.15) is 0 Å². The largest absolute Gasteiger partial charge is 0.481 e. The van der Waals surface area contributed by atoms with E-state index in [4.69, 9.17) is 11.6 Å². The minimum Gasteiger partial charge on any atom is -0.481 e. The van der Waals surface area contributed by atoms with Gasteiger partial charge in [0.25, 0.3) is 0 Å². The van der Waals surface area contributed by atoms with Crippen LogP contribution in [0, 0.1) is 16.2 Å². The van der Waals surface area contributed by atoms with E-state index in [1.807, 2.05) is 47.6 Å². The van der Waals surface area contributed by atoms with Crippen LogP contribution >= 0.6 is 11.6 Å². The van der Waals surface area contributed by atoms with Crippen LogP contribution in [-0.4, -0.2) is 44.6 Å². The highest BCUT2D eigenvalue weighted by Gasteiger charge is 2.61. The lowest BCUT2D eigenvalue weighted by Crippen LogP contribution is -2.65. The van der Waals surface area contributed by atoms with E-state index >= 15 is 0 Å². The fourth-order valence-corrected chi connectivity index (χ4v) is 7.13. The highest BCUT2D eigenvalue weighted by atomic mass is 35.5. The van der Waals surface area contributed by atoms with Crippen LogP contribution in [0.25, 0.3) is 10.9 Å². The summed E-state index contributed by atoms with van der Waals surface area (Å²) >= 11 is 6.19. The Balaban J connectivity index is 1.33. The molecule has 2 saturated heterocycles. The molecule has 2 saturated carbocycles. The summed E-state index contributed by atoms with van der Waals surface area (Å²) in [6, 6.07) is 16.0. The number of aliphatic carboxylic acids is 1. The molecule has 2 aliphatic carbocycles. The Bertz CT molecular complexity index is 1220. The Kier molecular flexibility index (Phi) is 4.77. The number of hydrazine groups is 1. The molecule has 0 spiro atoms. The Hall–Kier alpha value is -2.86. The van der Waals surface area contributed by atoms with Crippen molar-refractivity contribution in [1.29, 1.82) is 0 Å². The van der Waals surface area contributed by atoms with E-state index in [-0.39, 0.29) is 24.5 Å². The number of carboxylic acid groups (broad SMARTS) is 1. The van der Waals surface area contributed by atoms with E-state index < -0.39 is 11.4 Å². The van der Waals surface area contributed by atoms with Crippen molar-refractivity contribution in [1.82, 2.24) is 9.99 Å². The summed E-state index contributed by atoms with van der Waals surface area (Å²) in [5.74, 6) is -0.380. The highest BCUT2D eigenvalue weighted by molar-refractivity contribution is 6.31. The number of nitrogens with one attached hydrogen (secondary N) is 1. The molecule has 4 fully saturated rings. The average Bonchev–Trinajstić information content (AvgIpc) is 3.20. The molecule has 2 aliphatic heterocycles. The molecule has 2 aromatic carbocycles. The van der Waals surface area contributed by atoms with Crippen LogP contribution < -0.4 is 0 Å². The number of H-pyrrole nitrogens is 1. The fraction of sp³-hybridized carbons (Fsp3) is 0.423. The van der Waals surface area contributed by atoms with E-state index in [9.17, 15) is 14.8 Å². The molecule has 3 heterocycles. The molecular weight excluding hydrogens is 438 g/mol. The highest BCUT2D eigenvalue weighted by Crippen LogP contribution is 2.56. The van der Waals surface area contributed by atoms with Gasteiger partial charge in [0, 0.05) is 22.1 Å². The van der Waals surface area contributed by atoms with E-state index in [0.29, 0.717) is 23.8 Å². The maximum Gasteiger partial charge on any atom is 0.309 e. The van der Waals surface area contributed by atoms with Crippen LogP contribution in [0.5, 0.6) is 0 Å². The zero-order valence-corrected chi connectivity index (χ0v) is 19.0. The number of halogens is 1. The number of nitrogens with zero attached hydrogens (tertiary/aromatic N) is 2. The molecule has 170 valence electrons. The fourth-order valence-electron chi connectivity index (χ4n) is 6.96. The van der Waals surface area contributed by atoms with Gasteiger partial charge in [0.1, 0.15) is 4.87 Å². The Labute approximate surface area is 197 Å². The molecular formula is C26H27ClN3O3+. The molecule has 3 aromatic rings. The molecule has 4 aliphatic rings. The van der Waals surface area contributed by atoms with Crippen LogP contribution in [-0.2, 0) is 4.79 Å². The molecule has 7 rings (SSSR count). The number of piperidine rings is 2. The molecule has 3 unspecified atom stereocenters. The number of hydrogen-bond acceptors (Lipinski definition) is 2. The number of fused-ring (bicyclic) bond motifs is 1. The van der Waals surface area contributed by atoms with E-state index in [0.717, 1.165) is 46.2 Å². The number of aromatic nitrogens is 1. The number of nitroso groups, excluding NO2 is 1. The predicted molar refractivity (Wildman–Crippen MR) is 126 cm³/mol. The molecule has 33 heavy (non-hydrogen) atoms. The van der Waals surface area contributed by atoms with Gasteiger partial charge in [-0.05, 0) is 61.3 Å². The molecule has 3 atom stereocenters. The van der Waals surface area contributed by atoms with Gasteiger partial charge in [0.15, 0.2) is 0 Å². The number of rotatable bonds is 6. The second-order valence-electron chi connectivity index (χ2n) is 10.2. The van der Waals surface area contributed by atoms with Gasteiger partial charge in [-0.3, -0.25) is 4.79 Å². The zero-order chi connectivity index (χ0) is 22.7. The van der Waals surface area contributed by atoms with Crippen molar-refractivity contribution in [3.8, 4) is 0 Å². The van der Waals surface area contributed by atoms with Crippen molar-refractivity contribution in [3.63, 3.8) is 0 Å². The second kappa shape index (κ2) is 7.59. The van der Waals surface area contributed by atoms with E-state index in [1.54, 1.807) is 0 Å². The zero-order valence-electron chi connectivity index (χ0n) is 18.3. The van der Waals surface area contributed by atoms with E-state index in [2.05, 4.69) is 17.1 Å². The molecule has 1 aromatic heterocycles. The van der Waals surface area contributed by atoms with Gasteiger partial charge in [0.05, 0.1) is 28.3 Å². The number of hydrogen-bond donors (Lipinski definition) is 2. The minimum atomic E-state index is -0.682. The monoisotopic (exact) mass is 464 g/mol. The standard InChI is InChI=1S/C26H26ClN3O3/c27-18-6-7-21-22(14-28-24(21)10-18)23(17-4-2-1-3-5-17)15-29(33)30-19-8-16-9-20(30)13-26(11-16,12-19)25(31)32/h1-7,10,14,16,19-20,23,28H,8-9,11-13,15H2/p+1. The summed E-state index contributed by atoms with van der Waals surface area (Å²) in [6.45, 7) is 0.289. The third-order valence-electron chi connectivity index (χ3n) is 8.19. The van der Waals surface area contributed by atoms with Gasteiger partial charge in [0.2, 0.25) is 6.54 Å². The maximum absolute atomic E-state index is 13.7. The molecule has 0 radical (unpaired) electrons. The lowest BCUT2D eigenvalue weighted by molar-refractivity contribution is -0.732. The van der Waals surface area contributed by atoms with Crippen LogP contribution in [0.2, 0.25) is 5.02 Å². The number of carbonyl (C=O) groups is 1. The van der Waals surface area contributed by atoms with Crippen LogP contribution in [0.4, 0.5) is 0 Å². The lowest BCUT2D eigenvalue weighted by Gasteiger charge is -2.56. The lowest BCUT2D eigenvalue weighted by atomic mass is 9.56. The molecule has 6 nitrogen and oxygen atoms in total. The molecule has 4 bridgehead atoms. The maximum atomic E-state index is 13.7. The van der Waals surface area contributed by atoms with Gasteiger partial charge in [-0.1, -0.05) is 48.0 Å². The van der Waals surface area contributed by atoms with Gasteiger partial charge in [-0.25, -0.2) is 0 Å². The summed E-state index contributed by atoms with van der Waals surface area (Å²) < 4.78 is 0. The first-order valence-electron chi connectivity index (χ1n) is 11.7. The number of aromatic amines is 1. The Morgan fingerprint density at radius 3 is 2.58 bits per heavy atom. The number of benzene rings is 2. The van der Waals surface area contributed by atoms with Crippen LogP contribution in [0.15, 0.2) is 54.7 Å². The third kappa shape index (κ3) is 3.34. The Morgan fingerprint density at radius 1 is 1.15 bits per heavy atom.